The van der Waals surface area contributed by atoms with Crippen molar-refractivity contribution in [3.05, 3.63) is 0 Å². The second kappa shape index (κ2) is 8.10. The summed E-state index contributed by atoms with van der Waals surface area (Å²) in [6.07, 6.45) is 2.64. The average molecular weight is 257 g/mol. The molecule has 108 valence electrons. The molecule has 0 radical (unpaired) electrons. The summed E-state index contributed by atoms with van der Waals surface area (Å²) in [6.45, 7) is 8.61. The van der Waals surface area contributed by atoms with Crippen LogP contribution in [0.1, 0.15) is 26.7 Å². The van der Waals surface area contributed by atoms with Crippen LogP contribution < -0.4 is 5.32 Å². The van der Waals surface area contributed by atoms with Gasteiger partial charge >= 0.3 is 0 Å². The fourth-order valence-corrected chi connectivity index (χ4v) is 2.79. The molecule has 0 aromatic rings. The summed E-state index contributed by atoms with van der Waals surface area (Å²) in [5, 5.41) is 3.55. The molecule has 0 aliphatic carbocycles. The quantitative estimate of drug-likeness (QED) is 0.703. The van der Waals surface area contributed by atoms with Gasteiger partial charge in [-0.1, -0.05) is 13.8 Å². The van der Waals surface area contributed by atoms with Crippen molar-refractivity contribution in [2.75, 3.05) is 47.4 Å². The Labute approximate surface area is 113 Å². The van der Waals surface area contributed by atoms with E-state index in [1.54, 1.807) is 7.11 Å². The molecule has 1 rings (SSSR count). The van der Waals surface area contributed by atoms with Crippen LogP contribution in [0.3, 0.4) is 0 Å². The highest BCUT2D eigenvalue weighted by atomic mass is 16.5. The van der Waals surface area contributed by atoms with Crippen molar-refractivity contribution in [3.8, 4) is 0 Å². The highest BCUT2D eigenvalue weighted by molar-refractivity contribution is 4.87. The molecule has 4 heteroatoms. The molecule has 1 heterocycles. The second-order valence-corrected chi connectivity index (χ2v) is 5.97. The molecule has 0 spiro atoms. The lowest BCUT2D eigenvalue weighted by atomic mass is 10.1. The molecule has 1 fully saturated rings. The van der Waals surface area contributed by atoms with Gasteiger partial charge in [-0.2, -0.15) is 0 Å². The van der Waals surface area contributed by atoms with Crippen molar-refractivity contribution < 1.29 is 4.74 Å². The van der Waals surface area contributed by atoms with E-state index < -0.39 is 0 Å². The third-order valence-electron chi connectivity index (χ3n) is 3.59. The minimum atomic E-state index is 0.504. The Morgan fingerprint density at radius 2 is 2.11 bits per heavy atom. The molecular weight excluding hydrogens is 226 g/mol. The minimum Gasteiger partial charge on any atom is -0.383 e. The first-order chi connectivity index (χ1) is 8.54. The number of hydrogen-bond acceptors (Lipinski definition) is 4. The molecule has 0 saturated carbocycles. The van der Waals surface area contributed by atoms with Crippen LogP contribution in [0.4, 0.5) is 0 Å². The number of nitrogens with one attached hydrogen (secondary N) is 1. The van der Waals surface area contributed by atoms with E-state index in [4.69, 9.17) is 4.74 Å². The van der Waals surface area contributed by atoms with Crippen LogP contribution >= 0.6 is 0 Å². The molecule has 0 bridgehead atoms. The molecule has 2 atom stereocenters. The average Bonchev–Trinajstić information content (AvgIpc) is 2.71. The lowest BCUT2D eigenvalue weighted by Gasteiger charge is -2.34. The summed E-state index contributed by atoms with van der Waals surface area (Å²) in [5.74, 6) is 0. The zero-order chi connectivity index (χ0) is 13.5. The van der Waals surface area contributed by atoms with E-state index in [0.717, 1.165) is 19.7 Å². The van der Waals surface area contributed by atoms with Crippen LogP contribution in [-0.2, 0) is 4.74 Å². The minimum absolute atomic E-state index is 0.504. The largest absolute Gasteiger partial charge is 0.383 e. The van der Waals surface area contributed by atoms with E-state index >= 15 is 0 Å². The molecule has 1 aliphatic rings. The first kappa shape index (κ1) is 15.9. The van der Waals surface area contributed by atoms with Crippen LogP contribution in [0.2, 0.25) is 0 Å². The van der Waals surface area contributed by atoms with E-state index in [1.165, 1.54) is 19.4 Å². The van der Waals surface area contributed by atoms with Gasteiger partial charge in [0, 0.05) is 38.3 Å². The smallest absolute Gasteiger partial charge is 0.0630 e. The molecule has 1 aliphatic heterocycles. The van der Waals surface area contributed by atoms with Crippen molar-refractivity contribution in [2.45, 2.75) is 44.8 Å². The van der Waals surface area contributed by atoms with Gasteiger partial charge in [-0.15, -0.1) is 0 Å². The van der Waals surface area contributed by atoms with Gasteiger partial charge in [-0.25, -0.2) is 0 Å². The van der Waals surface area contributed by atoms with Crippen LogP contribution in [-0.4, -0.2) is 75.4 Å². The van der Waals surface area contributed by atoms with E-state index in [0.29, 0.717) is 18.1 Å². The van der Waals surface area contributed by atoms with Crippen LogP contribution in [0.25, 0.3) is 0 Å². The van der Waals surface area contributed by atoms with Gasteiger partial charge in [0.1, 0.15) is 0 Å². The standard InChI is InChI=1S/C14H31N3O/c1-12(2)15-9-14(11-18-5)17-8-6-7-13(17)10-16(3)4/h12-15H,6-11H2,1-5H3. The number of likely N-dealkylation sites (N-methyl/N-ethyl adjacent to an activating group) is 1. The molecule has 1 saturated heterocycles. The van der Waals surface area contributed by atoms with Gasteiger partial charge in [0.05, 0.1) is 6.61 Å². The van der Waals surface area contributed by atoms with Crippen molar-refractivity contribution in [3.63, 3.8) is 0 Å². The van der Waals surface area contributed by atoms with Crippen LogP contribution in [0, 0.1) is 0 Å². The predicted octanol–water partition coefficient (Wildman–Crippen LogP) is 1.03. The number of likely N-dealkylation sites (tertiary alicyclic amines) is 1. The SMILES string of the molecule is COCC(CNC(C)C)N1CCCC1CN(C)C. The number of methoxy groups -OCH3 is 1. The third-order valence-corrected chi connectivity index (χ3v) is 3.59. The topological polar surface area (TPSA) is 27.7 Å². The van der Waals surface area contributed by atoms with E-state index in [2.05, 4.69) is 43.1 Å². The Morgan fingerprint density at radius 3 is 2.67 bits per heavy atom. The molecule has 0 amide bonds. The maximum absolute atomic E-state index is 5.41. The summed E-state index contributed by atoms with van der Waals surface area (Å²) >= 11 is 0. The normalized spacial score (nSPS) is 23.2. The fourth-order valence-electron chi connectivity index (χ4n) is 2.79. The zero-order valence-corrected chi connectivity index (χ0v) is 12.8. The molecule has 2 unspecified atom stereocenters. The first-order valence-corrected chi connectivity index (χ1v) is 7.17. The number of ether oxygens (including phenoxy) is 1. The third kappa shape index (κ3) is 5.22. The van der Waals surface area contributed by atoms with Crippen molar-refractivity contribution in [2.24, 2.45) is 0 Å². The van der Waals surface area contributed by atoms with Gasteiger partial charge in [-0.3, -0.25) is 4.90 Å². The van der Waals surface area contributed by atoms with Gasteiger partial charge in [0.2, 0.25) is 0 Å². The van der Waals surface area contributed by atoms with Crippen LogP contribution in [0.15, 0.2) is 0 Å². The van der Waals surface area contributed by atoms with Crippen molar-refractivity contribution in [1.29, 1.82) is 0 Å². The molecule has 18 heavy (non-hydrogen) atoms. The Kier molecular flexibility index (Phi) is 7.15. The maximum atomic E-state index is 5.41. The van der Waals surface area contributed by atoms with E-state index in [1.807, 2.05) is 0 Å². The van der Waals surface area contributed by atoms with E-state index in [9.17, 15) is 0 Å². The summed E-state index contributed by atoms with van der Waals surface area (Å²) in [7, 11) is 6.13. The summed E-state index contributed by atoms with van der Waals surface area (Å²) in [4.78, 5) is 4.93. The second-order valence-electron chi connectivity index (χ2n) is 5.97. The van der Waals surface area contributed by atoms with E-state index in [-0.39, 0.29) is 0 Å². The number of rotatable bonds is 8. The lowest BCUT2D eigenvalue weighted by Crippen LogP contribution is -2.50. The molecular formula is C14H31N3O. The Morgan fingerprint density at radius 1 is 1.39 bits per heavy atom. The van der Waals surface area contributed by atoms with Crippen molar-refractivity contribution >= 4 is 0 Å². The fraction of sp³-hybridized carbons (Fsp3) is 1.00. The predicted molar refractivity (Wildman–Crippen MR) is 77.1 cm³/mol. The number of nitrogens with zero attached hydrogens (tertiary/aromatic N) is 2. The summed E-state index contributed by atoms with van der Waals surface area (Å²) in [6, 6.07) is 1.73. The van der Waals surface area contributed by atoms with Gasteiger partial charge in [0.15, 0.2) is 0 Å². The monoisotopic (exact) mass is 257 g/mol. The molecule has 1 N–H and O–H groups in total. The first-order valence-electron chi connectivity index (χ1n) is 7.17. The van der Waals surface area contributed by atoms with Gasteiger partial charge in [0.25, 0.3) is 0 Å². The lowest BCUT2D eigenvalue weighted by molar-refractivity contribution is 0.0723. The molecule has 4 nitrogen and oxygen atoms in total. The van der Waals surface area contributed by atoms with Gasteiger partial charge < -0.3 is 15.0 Å². The maximum Gasteiger partial charge on any atom is 0.0630 e. The van der Waals surface area contributed by atoms with Crippen molar-refractivity contribution in [1.82, 2.24) is 15.1 Å². The summed E-state index contributed by atoms with van der Waals surface area (Å²) < 4.78 is 5.41. The Hall–Kier alpha value is -0.160. The Balaban J connectivity index is 2.53. The zero-order valence-electron chi connectivity index (χ0n) is 12.8. The highest BCUT2D eigenvalue weighted by Crippen LogP contribution is 2.20. The molecule has 0 aromatic carbocycles. The highest BCUT2D eigenvalue weighted by Gasteiger charge is 2.30. The number of hydrogen-bond donors (Lipinski definition) is 1. The Bertz CT molecular complexity index is 221. The van der Waals surface area contributed by atoms with Crippen LogP contribution in [0.5, 0.6) is 0 Å². The van der Waals surface area contributed by atoms with Gasteiger partial charge in [-0.05, 0) is 33.5 Å². The summed E-state index contributed by atoms with van der Waals surface area (Å²) in [5.41, 5.74) is 0. The molecule has 0 aromatic heterocycles.